The second-order valence-electron chi connectivity index (χ2n) is 5.94. The van der Waals surface area contributed by atoms with Crippen molar-refractivity contribution in [2.45, 2.75) is 53.0 Å². The molecule has 0 aromatic rings. The zero-order valence-corrected chi connectivity index (χ0v) is 11.8. The molecule has 0 radical (unpaired) electrons. The summed E-state index contributed by atoms with van der Waals surface area (Å²) >= 11 is 0. The summed E-state index contributed by atoms with van der Waals surface area (Å²) in [4.78, 5) is 2.57. The maximum Gasteiger partial charge on any atom is 0.00923 e. The Hall–Kier alpha value is -0.0800. The summed E-state index contributed by atoms with van der Waals surface area (Å²) in [6, 6.07) is 0.771. The Kier molecular flexibility index (Phi) is 5.26. The van der Waals surface area contributed by atoms with Crippen LogP contribution in [0.25, 0.3) is 0 Å². The molecule has 1 saturated carbocycles. The molecule has 0 amide bonds. The molecule has 2 unspecified atom stereocenters. The van der Waals surface area contributed by atoms with Gasteiger partial charge in [0.25, 0.3) is 0 Å². The quantitative estimate of drug-likeness (QED) is 0.684. The Morgan fingerprint density at radius 2 is 2.00 bits per heavy atom. The summed E-state index contributed by atoms with van der Waals surface area (Å²) in [5.74, 6) is 0.977. The molecule has 1 fully saturated rings. The average molecular weight is 226 g/mol. The third-order valence-electron chi connectivity index (χ3n) is 4.29. The SMILES string of the molecule is CCNCC(C)(CC)CN(C)C(C)C1CC1. The van der Waals surface area contributed by atoms with Crippen LogP contribution >= 0.6 is 0 Å². The first-order valence-corrected chi connectivity index (χ1v) is 6.93. The number of hydrogen-bond donors (Lipinski definition) is 1. The largest absolute Gasteiger partial charge is 0.316 e. The molecule has 0 bridgehead atoms. The molecule has 1 rings (SSSR count). The monoisotopic (exact) mass is 226 g/mol. The number of rotatable bonds is 8. The van der Waals surface area contributed by atoms with Gasteiger partial charge >= 0.3 is 0 Å². The summed E-state index contributed by atoms with van der Waals surface area (Å²) in [6.07, 6.45) is 4.14. The van der Waals surface area contributed by atoms with E-state index in [2.05, 4.69) is 45.0 Å². The van der Waals surface area contributed by atoms with Crippen molar-refractivity contribution in [3.8, 4) is 0 Å². The van der Waals surface area contributed by atoms with E-state index in [1.54, 1.807) is 0 Å². The highest BCUT2D eigenvalue weighted by molar-refractivity contribution is 4.87. The zero-order chi connectivity index (χ0) is 12.2. The van der Waals surface area contributed by atoms with Gasteiger partial charge in [-0.2, -0.15) is 0 Å². The predicted molar refractivity (Wildman–Crippen MR) is 71.8 cm³/mol. The van der Waals surface area contributed by atoms with Gasteiger partial charge in [-0.25, -0.2) is 0 Å². The molecule has 1 aliphatic carbocycles. The highest BCUT2D eigenvalue weighted by Gasteiger charge is 2.33. The van der Waals surface area contributed by atoms with E-state index in [4.69, 9.17) is 0 Å². The van der Waals surface area contributed by atoms with Gasteiger partial charge in [-0.05, 0) is 51.1 Å². The number of nitrogens with zero attached hydrogens (tertiary/aromatic N) is 1. The molecule has 2 nitrogen and oxygen atoms in total. The lowest BCUT2D eigenvalue weighted by Gasteiger charge is -2.36. The summed E-state index contributed by atoms with van der Waals surface area (Å²) in [5.41, 5.74) is 0.425. The molecule has 0 spiro atoms. The van der Waals surface area contributed by atoms with Crippen LogP contribution in [-0.2, 0) is 0 Å². The molecule has 0 saturated heterocycles. The van der Waals surface area contributed by atoms with Crippen molar-refractivity contribution in [3.05, 3.63) is 0 Å². The van der Waals surface area contributed by atoms with E-state index in [1.807, 2.05) is 0 Å². The van der Waals surface area contributed by atoms with Gasteiger partial charge in [0.15, 0.2) is 0 Å². The third-order valence-corrected chi connectivity index (χ3v) is 4.29. The maximum absolute atomic E-state index is 3.50. The van der Waals surface area contributed by atoms with E-state index >= 15 is 0 Å². The second kappa shape index (κ2) is 6.02. The molecule has 0 heterocycles. The summed E-state index contributed by atoms with van der Waals surface area (Å²) < 4.78 is 0. The van der Waals surface area contributed by atoms with Gasteiger partial charge < -0.3 is 10.2 Å². The lowest BCUT2D eigenvalue weighted by molar-refractivity contribution is 0.137. The minimum atomic E-state index is 0.425. The van der Waals surface area contributed by atoms with Crippen LogP contribution in [0.2, 0.25) is 0 Å². The normalized spacial score (nSPS) is 22.1. The first-order chi connectivity index (χ1) is 7.52. The summed E-state index contributed by atoms with van der Waals surface area (Å²) in [7, 11) is 2.29. The first kappa shape index (κ1) is 14.0. The highest BCUT2D eigenvalue weighted by atomic mass is 15.1. The lowest BCUT2D eigenvalue weighted by atomic mass is 9.86. The summed E-state index contributed by atoms with van der Waals surface area (Å²) in [5, 5.41) is 3.50. The fraction of sp³-hybridized carbons (Fsp3) is 1.00. The van der Waals surface area contributed by atoms with Gasteiger partial charge in [-0.3, -0.25) is 0 Å². The van der Waals surface area contributed by atoms with Crippen LogP contribution in [-0.4, -0.2) is 37.6 Å². The van der Waals surface area contributed by atoms with Gasteiger partial charge in [0.05, 0.1) is 0 Å². The predicted octanol–water partition coefficient (Wildman–Crippen LogP) is 2.74. The van der Waals surface area contributed by atoms with Crippen LogP contribution in [0.3, 0.4) is 0 Å². The van der Waals surface area contributed by atoms with Gasteiger partial charge in [0.1, 0.15) is 0 Å². The van der Waals surface area contributed by atoms with Crippen molar-refractivity contribution in [2.75, 3.05) is 26.7 Å². The second-order valence-corrected chi connectivity index (χ2v) is 5.94. The molecule has 0 aromatic carbocycles. The molecule has 1 aliphatic rings. The van der Waals surface area contributed by atoms with Crippen LogP contribution in [0.15, 0.2) is 0 Å². The molecule has 0 aromatic heterocycles. The fourth-order valence-electron chi connectivity index (χ4n) is 2.40. The van der Waals surface area contributed by atoms with Crippen LogP contribution in [0.1, 0.15) is 47.0 Å². The van der Waals surface area contributed by atoms with Crippen molar-refractivity contribution < 1.29 is 0 Å². The van der Waals surface area contributed by atoms with Crippen molar-refractivity contribution in [2.24, 2.45) is 11.3 Å². The van der Waals surface area contributed by atoms with Crippen molar-refractivity contribution in [3.63, 3.8) is 0 Å². The Labute approximate surface area is 102 Å². The molecule has 96 valence electrons. The summed E-state index contributed by atoms with van der Waals surface area (Å²) in [6.45, 7) is 12.7. The standard InChI is InChI=1S/C14H30N2/c1-6-14(4,10-15-7-2)11-16(5)12(3)13-8-9-13/h12-13,15H,6-11H2,1-5H3. The third kappa shape index (κ3) is 4.06. The first-order valence-electron chi connectivity index (χ1n) is 6.93. The smallest absolute Gasteiger partial charge is 0.00923 e. The molecular formula is C14H30N2. The van der Waals surface area contributed by atoms with E-state index in [-0.39, 0.29) is 0 Å². The van der Waals surface area contributed by atoms with Crippen molar-refractivity contribution >= 4 is 0 Å². The van der Waals surface area contributed by atoms with E-state index in [1.165, 1.54) is 25.8 Å². The maximum atomic E-state index is 3.50. The van der Waals surface area contributed by atoms with E-state index in [9.17, 15) is 0 Å². The van der Waals surface area contributed by atoms with Gasteiger partial charge in [0, 0.05) is 19.1 Å². The number of hydrogen-bond acceptors (Lipinski definition) is 2. The molecule has 16 heavy (non-hydrogen) atoms. The molecule has 0 aliphatic heterocycles. The Morgan fingerprint density at radius 3 is 2.44 bits per heavy atom. The van der Waals surface area contributed by atoms with Gasteiger partial charge in [-0.15, -0.1) is 0 Å². The fourth-order valence-corrected chi connectivity index (χ4v) is 2.40. The topological polar surface area (TPSA) is 15.3 Å². The van der Waals surface area contributed by atoms with Crippen LogP contribution in [0.5, 0.6) is 0 Å². The Balaban J connectivity index is 2.40. The van der Waals surface area contributed by atoms with Gasteiger partial charge in [0.2, 0.25) is 0 Å². The van der Waals surface area contributed by atoms with E-state index in [0.717, 1.165) is 25.0 Å². The van der Waals surface area contributed by atoms with E-state index < -0.39 is 0 Å². The lowest BCUT2D eigenvalue weighted by Crippen LogP contribution is -2.44. The van der Waals surface area contributed by atoms with Gasteiger partial charge in [-0.1, -0.05) is 20.8 Å². The molecule has 2 atom stereocenters. The Bertz CT molecular complexity index is 201. The van der Waals surface area contributed by atoms with Crippen molar-refractivity contribution in [1.82, 2.24) is 10.2 Å². The highest BCUT2D eigenvalue weighted by Crippen LogP contribution is 2.35. The van der Waals surface area contributed by atoms with Crippen molar-refractivity contribution in [1.29, 1.82) is 0 Å². The minimum absolute atomic E-state index is 0.425. The zero-order valence-electron chi connectivity index (χ0n) is 11.8. The minimum Gasteiger partial charge on any atom is -0.316 e. The van der Waals surface area contributed by atoms with Crippen LogP contribution in [0, 0.1) is 11.3 Å². The van der Waals surface area contributed by atoms with Crippen LogP contribution < -0.4 is 5.32 Å². The molecule has 2 heteroatoms. The Morgan fingerprint density at radius 1 is 1.38 bits per heavy atom. The molecule has 1 N–H and O–H groups in total. The average Bonchev–Trinajstić information content (AvgIpc) is 3.09. The molecular weight excluding hydrogens is 196 g/mol. The van der Waals surface area contributed by atoms with Crippen LogP contribution in [0.4, 0.5) is 0 Å². The number of nitrogens with one attached hydrogen (secondary N) is 1. The van der Waals surface area contributed by atoms with E-state index in [0.29, 0.717) is 5.41 Å².